The molecule has 0 bridgehead atoms. The second kappa shape index (κ2) is 8.91. The maximum Gasteiger partial charge on any atom is 0.265 e. The first kappa shape index (κ1) is 22.3. The number of sulfonamides is 1. The molecule has 2 amide bonds. The van der Waals surface area contributed by atoms with Crippen LogP contribution in [0.25, 0.3) is 11.1 Å². The van der Waals surface area contributed by atoms with E-state index in [0.717, 1.165) is 15.4 Å². The summed E-state index contributed by atoms with van der Waals surface area (Å²) in [5, 5.41) is 5.36. The van der Waals surface area contributed by atoms with Gasteiger partial charge < -0.3 is 10.6 Å². The van der Waals surface area contributed by atoms with Gasteiger partial charge in [-0.1, -0.05) is 48.0 Å². The third-order valence-electron chi connectivity index (χ3n) is 5.31. The molecular weight excluding hydrogens is 438 g/mol. The largest absolute Gasteiger partial charge is 0.349 e. The predicted molar refractivity (Wildman–Crippen MR) is 129 cm³/mol. The third-order valence-corrected chi connectivity index (χ3v) is 7.12. The number of para-hydroxylation sites is 1. The maximum absolute atomic E-state index is 13.4. The molecule has 0 spiro atoms. The maximum atomic E-state index is 13.4. The number of carbonyl (C=O) groups excluding carboxylic acids is 2. The second-order valence-electron chi connectivity index (χ2n) is 7.62. The number of nitrogens with one attached hydrogen (secondary N) is 2. The summed E-state index contributed by atoms with van der Waals surface area (Å²) >= 11 is 0. The highest BCUT2D eigenvalue weighted by Crippen LogP contribution is 2.43. The predicted octanol–water partition coefficient (Wildman–Crippen LogP) is 3.73. The van der Waals surface area contributed by atoms with E-state index in [0.29, 0.717) is 16.9 Å². The number of nitrogens with zero attached hydrogens (tertiary/aromatic N) is 1. The van der Waals surface area contributed by atoms with Crippen LogP contribution in [0.3, 0.4) is 0 Å². The van der Waals surface area contributed by atoms with Crippen LogP contribution >= 0.6 is 0 Å². The Balaban J connectivity index is 1.66. The zero-order valence-electron chi connectivity index (χ0n) is 18.0. The zero-order chi connectivity index (χ0) is 23.6. The van der Waals surface area contributed by atoms with Gasteiger partial charge in [0.1, 0.15) is 6.54 Å². The Bertz CT molecular complexity index is 1370. The fraction of sp³-hybridized carbons (Fsp3) is 0.120. The molecule has 8 heteroatoms. The summed E-state index contributed by atoms with van der Waals surface area (Å²) in [6, 6.07) is 18.7. The normalized spacial score (nSPS) is 13.4. The molecule has 4 rings (SSSR count). The van der Waals surface area contributed by atoms with E-state index in [4.69, 9.17) is 0 Å². The molecule has 3 aromatic carbocycles. The summed E-state index contributed by atoms with van der Waals surface area (Å²) in [6.07, 6.45) is 1.55. The van der Waals surface area contributed by atoms with Gasteiger partial charge in [0.25, 0.3) is 15.9 Å². The summed E-state index contributed by atoms with van der Waals surface area (Å²) < 4.78 is 27.9. The number of amides is 2. The molecular formula is C25H23N3O4S. The highest BCUT2D eigenvalue weighted by molar-refractivity contribution is 7.93. The minimum atomic E-state index is -3.95. The van der Waals surface area contributed by atoms with Gasteiger partial charge in [0.2, 0.25) is 5.91 Å². The Kier molecular flexibility index (Phi) is 6.02. The molecule has 0 saturated heterocycles. The highest BCUT2D eigenvalue weighted by Gasteiger charge is 2.36. The van der Waals surface area contributed by atoms with Crippen LogP contribution in [0.4, 0.5) is 11.4 Å². The number of anilines is 2. The van der Waals surface area contributed by atoms with E-state index >= 15 is 0 Å². The van der Waals surface area contributed by atoms with E-state index in [-0.39, 0.29) is 22.9 Å². The molecule has 0 atom stereocenters. The minimum absolute atomic E-state index is 0.153. The summed E-state index contributed by atoms with van der Waals surface area (Å²) in [6.45, 7) is 5.34. The van der Waals surface area contributed by atoms with Gasteiger partial charge in [-0.15, -0.1) is 6.58 Å². The van der Waals surface area contributed by atoms with Crippen molar-refractivity contribution in [1.82, 2.24) is 5.32 Å². The Labute approximate surface area is 192 Å². The smallest absolute Gasteiger partial charge is 0.265 e. The van der Waals surface area contributed by atoms with Gasteiger partial charge in [-0.3, -0.25) is 13.9 Å². The van der Waals surface area contributed by atoms with Crippen molar-refractivity contribution in [2.45, 2.75) is 11.8 Å². The van der Waals surface area contributed by atoms with Gasteiger partial charge in [0, 0.05) is 17.7 Å². The molecule has 0 aromatic heterocycles. The van der Waals surface area contributed by atoms with Gasteiger partial charge >= 0.3 is 0 Å². The third kappa shape index (κ3) is 4.25. The molecule has 33 heavy (non-hydrogen) atoms. The Morgan fingerprint density at radius 1 is 1.00 bits per heavy atom. The standard InChI is InChI=1S/C25H23N3O4S/c1-3-14-26-25(30)19-9-4-6-10-21(19)27-24(29)16-28-22-13-12-17(2)15-20(22)18-8-5-7-11-23(18)33(28,31)32/h3-13,15H,1,14,16H2,2H3,(H,26,30)(H,27,29). The Morgan fingerprint density at radius 2 is 1.73 bits per heavy atom. The second-order valence-corrected chi connectivity index (χ2v) is 9.45. The minimum Gasteiger partial charge on any atom is -0.349 e. The number of hydrogen-bond donors (Lipinski definition) is 2. The number of aryl methyl sites for hydroxylation is 1. The van der Waals surface area contributed by atoms with E-state index < -0.39 is 22.5 Å². The van der Waals surface area contributed by atoms with E-state index in [1.54, 1.807) is 60.7 Å². The van der Waals surface area contributed by atoms with E-state index in [1.165, 1.54) is 0 Å². The molecule has 0 radical (unpaired) electrons. The molecule has 3 aromatic rings. The molecule has 7 nitrogen and oxygen atoms in total. The number of rotatable bonds is 6. The van der Waals surface area contributed by atoms with Crippen LogP contribution in [0.2, 0.25) is 0 Å². The van der Waals surface area contributed by atoms with Gasteiger partial charge in [0.05, 0.1) is 21.8 Å². The summed E-state index contributed by atoms with van der Waals surface area (Å²) in [7, 11) is -3.95. The van der Waals surface area contributed by atoms with Crippen LogP contribution in [-0.4, -0.2) is 33.3 Å². The molecule has 1 heterocycles. The molecule has 0 fully saturated rings. The van der Waals surface area contributed by atoms with Gasteiger partial charge in [-0.2, -0.15) is 0 Å². The fourth-order valence-electron chi connectivity index (χ4n) is 3.79. The molecule has 0 saturated carbocycles. The lowest BCUT2D eigenvalue weighted by Crippen LogP contribution is -2.40. The number of fused-ring (bicyclic) bond motifs is 3. The number of benzene rings is 3. The zero-order valence-corrected chi connectivity index (χ0v) is 18.9. The molecule has 0 unspecified atom stereocenters. The van der Waals surface area contributed by atoms with Crippen molar-refractivity contribution in [2.24, 2.45) is 0 Å². The van der Waals surface area contributed by atoms with Gasteiger partial charge in [-0.25, -0.2) is 8.42 Å². The summed E-state index contributed by atoms with van der Waals surface area (Å²) in [5.41, 5.74) is 3.34. The number of hydrogen-bond acceptors (Lipinski definition) is 4. The molecule has 0 aliphatic carbocycles. The lowest BCUT2D eigenvalue weighted by Gasteiger charge is -2.32. The lowest BCUT2D eigenvalue weighted by atomic mass is 10.0. The number of carbonyl (C=O) groups is 2. The molecule has 168 valence electrons. The fourth-order valence-corrected chi connectivity index (χ4v) is 5.44. The van der Waals surface area contributed by atoms with Crippen molar-refractivity contribution in [3.8, 4) is 11.1 Å². The molecule has 2 N–H and O–H groups in total. The van der Waals surface area contributed by atoms with Crippen LogP contribution in [0.15, 0.2) is 84.3 Å². The van der Waals surface area contributed by atoms with Gasteiger partial charge in [-0.05, 0) is 37.3 Å². The van der Waals surface area contributed by atoms with E-state index in [2.05, 4.69) is 17.2 Å². The van der Waals surface area contributed by atoms with Crippen LogP contribution < -0.4 is 14.9 Å². The van der Waals surface area contributed by atoms with Crippen molar-refractivity contribution >= 4 is 33.2 Å². The summed E-state index contributed by atoms with van der Waals surface area (Å²) in [4.78, 5) is 25.5. The van der Waals surface area contributed by atoms with Gasteiger partial charge in [0.15, 0.2) is 0 Å². The molecule has 1 aliphatic heterocycles. The monoisotopic (exact) mass is 461 g/mol. The first-order valence-electron chi connectivity index (χ1n) is 10.3. The topological polar surface area (TPSA) is 95.6 Å². The lowest BCUT2D eigenvalue weighted by molar-refractivity contribution is -0.114. The highest BCUT2D eigenvalue weighted by atomic mass is 32.2. The summed E-state index contributed by atoms with van der Waals surface area (Å²) in [5.74, 6) is -0.931. The first-order valence-corrected chi connectivity index (χ1v) is 11.8. The van der Waals surface area contributed by atoms with Crippen molar-refractivity contribution in [2.75, 3.05) is 22.7 Å². The quantitative estimate of drug-likeness (QED) is 0.547. The molecule has 1 aliphatic rings. The average Bonchev–Trinajstić information content (AvgIpc) is 2.81. The van der Waals surface area contributed by atoms with Crippen molar-refractivity contribution in [1.29, 1.82) is 0 Å². The van der Waals surface area contributed by atoms with Crippen molar-refractivity contribution in [3.63, 3.8) is 0 Å². The Hall–Kier alpha value is -3.91. The van der Waals surface area contributed by atoms with Crippen molar-refractivity contribution in [3.05, 3.63) is 90.5 Å². The first-order chi connectivity index (χ1) is 15.8. The van der Waals surface area contributed by atoms with E-state index in [1.807, 2.05) is 19.1 Å². The average molecular weight is 462 g/mol. The SMILES string of the molecule is C=CCNC(=O)c1ccccc1NC(=O)CN1c2ccc(C)cc2-c2ccccc2S1(=O)=O. The van der Waals surface area contributed by atoms with Crippen molar-refractivity contribution < 1.29 is 18.0 Å². The van der Waals surface area contributed by atoms with Crippen LogP contribution in [0.5, 0.6) is 0 Å². The van der Waals surface area contributed by atoms with E-state index in [9.17, 15) is 18.0 Å². The van der Waals surface area contributed by atoms with Crippen LogP contribution in [-0.2, 0) is 14.8 Å². The van der Waals surface area contributed by atoms with Crippen LogP contribution in [0.1, 0.15) is 15.9 Å². The van der Waals surface area contributed by atoms with Crippen LogP contribution in [0, 0.1) is 6.92 Å². The Morgan fingerprint density at radius 3 is 2.52 bits per heavy atom.